The van der Waals surface area contributed by atoms with E-state index < -0.39 is 0 Å². The zero-order valence-corrected chi connectivity index (χ0v) is 13.1. The van der Waals surface area contributed by atoms with Crippen LogP contribution in [-0.2, 0) is 0 Å². The Morgan fingerprint density at radius 1 is 1.05 bits per heavy atom. The van der Waals surface area contributed by atoms with E-state index in [1.807, 2.05) is 0 Å². The number of hydrogen-bond donors (Lipinski definition) is 1. The molecule has 2 heterocycles. The maximum absolute atomic E-state index is 4.77. The highest BCUT2D eigenvalue weighted by Crippen LogP contribution is 2.28. The van der Waals surface area contributed by atoms with Crippen molar-refractivity contribution in [3.63, 3.8) is 0 Å². The first-order chi connectivity index (χ1) is 10.1. The van der Waals surface area contributed by atoms with Gasteiger partial charge in [0.15, 0.2) is 5.82 Å². The van der Waals surface area contributed by atoms with Gasteiger partial charge in [-0.05, 0) is 46.2 Å². The first-order valence-corrected chi connectivity index (χ1v) is 7.80. The largest absolute Gasteiger partial charge is 0.310 e. The van der Waals surface area contributed by atoms with Crippen molar-refractivity contribution in [3.8, 4) is 11.4 Å². The molecule has 1 aliphatic rings. The Morgan fingerprint density at radius 3 is 2.43 bits per heavy atom. The summed E-state index contributed by atoms with van der Waals surface area (Å²) in [6.07, 6.45) is 3.75. The third kappa shape index (κ3) is 2.98. The Balaban J connectivity index is 1.99. The van der Waals surface area contributed by atoms with E-state index in [0.29, 0.717) is 6.04 Å². The van der Waals surface area contributed by atoms with Crippen LogP contribution in [0.4, 0.5) is 0 Å². The molecule has 1 aromatic heterocycles. The topological polar surface area (TPSA) is 37.8 Å². The van der Waals surface area contributed by atoms with Crippen molar-refractivity contribution in [3.05, 3.63) is 46.8 Å². The number of aromatic nitrogens is 2. The summed E-state index contributed by atoms with van der Waals surface area (Å²) in [5, 5.41) is 3.61. The maximum atomic E-state index is 4.77. The van der Waals surface area contributed by atoms with E-state index in [1.165, 1.54) is 30.4 Å². The van der Waals surface area contributed by atoms with Crippen LogP contribution < -0.4 is 5.32 Å². The van der Waals surface area contributed by atoms with Crippen molar-refractivity contribution >= 4 is 0 Å². The lowest BCUT2D eigenvalue weighted by molar-refractivity contribution is 0.408. The number of aryl methyl sites for hydroxylation is 3. The predicted octanol–water partition coefficient (Wildman–Crippen LogP) is 3.88. The normalized spacial score (nSPS) is 18.7. The number of piperidine rings is 1. The van der Waals surface area contributed by atoms with Crippen LogP contribution in [0.2, 0.25) is 0 Å². The van der Waals surface area contributed by atoms with Gasteiger partial charge in [-0.15, -0.1) is 0 Å². The van der Waals surface area contributed by atoms with Crippen LogP contribution >= 0.6 is 0 Å². The van der Waals surface area contributed by atoms with Gasteiger partial charge in [0.25, 0.3) is 0 Å². The summed E-state index contributed by atoms with van der Waals surface area (Å²) in [6.45, 7) is 7.42. The molecule has 0 spiro atoms. The van der Waals surface area contributed by atoms with E-state index >= 15 is 0 Å². The van der Waals surface area contributed by atoms with E-state index in [9.17, 15) is 0 Å². The third-order valence-electron chi connectivity index (χ3n) is 4.26. The second-order valence-corrected chi connectivity index (χ2v) is 6.00. The van der Waals surface area contributed by atoms with E-state index in [4.69, 9.17) is 9.97 Å². The number of benzene rings is 1. The molecule has 1 fully saturated rings. The Morgan fingerprint density at radius 2 is 1.81 bits per heavy atom. The first kappa shape index (κ1) is 14.2. The molecule has 0 aliphatic carbocycles. The third-order valence-corrected chi connectivity index (χ3v) is 4.26. The molecule has 3 rings (SSSR count). The average molecular weight is 281 g/mol. The van der Waals surface area contributed by atoms with Gasteiger partial charge >= 0.3 is 0 Å². The molecule has 1 aromatic carbocycles. The minimum absolute atomic E-state index is 0.422. The smallest absolute Gasteiger partial charge is 0.159 e. The van der Waals surface area contributed by atoms with Gasteiger partial charge in [-0.25, -0.2) is 9.97 Å². The Bertz CT molecular complexity index is 620. The van der Waals surface area contributed by atoms with Gasteiger partial charge in [-0.3, -0.25) is 0 Å². The molecular formula is C18H23N3. The van der Waals surface area contributed by atoms with E-state index in [0.717, 1.165) is 29.3 Å². The fraction of sp³-hybridized carbons (Fsp3) is 0.444. The van der Waals surface area contributed by atoms with Crippen LogP contribution in [-0.4, -0.2) is 16.5 Å². The number of rotatable bonds is 2. The van der Waals surface area contributed by atoms with Gasteiger partial charge in [0.2, 0.25) is 0 Å². The summed E-state index contributed by atoms with van der Waals surface area (Å²) in [5.41, 5.74) is 5.86. The highest BCUT2D eigenvalue weighted by Gasteiger charge is 2.21. The minimum Gasteiger partial charge on any atom is -0.310 e. The van der Waals surface area contributed by atoms with Gasteiger partial charge < -0.3 is 5.32 Å². The highest BCUT2D eigenvalue weighted by atomic mass is 15.0. The summed E-state index contributed by atoms with van der Waals surface area (Å²) >= 11 is 0. The molecule has 1 aliphatic heterocycles. The molecule has 21 heavy (non-hydrogen) atoms. The van der Waals surface area contributed by atoms with Crippen molar-refractivity contribution in [2.24, 2.45) is 0 Å². The van der Waals surface area contributed by atoms with Crippen LogP contribution in [0.15, 0.2) is 24.3 Å². The van der Waals surface area contributed by atoms with Crippen LogP contribution in [0.25, 0.3) is 11.4 Å². The standard InChI is InChI=1S/C18H23N3/c1-12-7-6-8-15(11-12)18-20-13(2)17(14(3)21-18)16-9-4-5-10-19-16/h6-8,11,16,19H,4-5,9-10H2,1-3H3. The van der Waals surface area contributed by atoms with Crippen LogP contribution in [0.3, 0.4) is 0 Å². The number of nitrogens with zero attached hydrogens (tertiary/aromatic N) is 2. The molecular weight excluding hydrogens is 258 g/mol. The van der Waals surface area contributed by atoms with Gasteiger partial charge in [-0.2, -0.15) is 0 Å². The lowest BCUT2D eigenvalue weighted by atomic mass is 9.95. The lowest BCUT2D eigenvalue weighted by Crippen LogP contribution is -2.28. The summed E-state index contributed by atoms with van der Waals surface area (Å²) in [6, 6.07) is 8.82. The maximum Gasteiger partial charge on any atom is 0.159 e. The molecule has 0 saturated carbocycles. The zero-order valence-electron chi connectivity index (χ0n) is 13.1. The van der Waals surface area contributed by atoms with Crippen LogP contribution in [0.5, 0.6) is 0 Å². The number of hydrogen-bond acceptors (Lipinski definition) is 3. The number of nitrogens with one attached hydrogen (secondary N) is 1. The molecule has 1 saturated heterocycles. The van der Waals surface area contributed by atoms with Gasteiger partial charge in [-0.1, -0.05) is 30.2 Å². The van der Waals surface area contributed by atoms with Crippen LogP contribution in [0.1, 0.15) is 47.8 Å². The molecule has 2 aromatic rings. The molecule has 0 radical (unpaired) electrons. The summed E-state index contributed by atoms with van der Waals surface area (Å²) in [5.74, 6) is 0.841. The summed E-state index contributed by atoms with van der Waals surface area (Å²) in [7, 11) is 0. The fourth-order valence-corrected chi connectivity index (χ4v) is 3.24. The fourth-order valence-electron chi connectivity index (χ4n) is 3.24. The van der Waals surface area contributed by atoms with Crippen molar-refractivity contribution in [1.29, 1.82) is 0 Å². The molecule has 1 atom stereocenters. The molecule has 3 heteroatoms. The van der Waals surface area contributed by atoms with Gasteiger partial charge in [0.1, 0.15) is 0 Å². The monoisotopic (exact) mass is 281 g/mol. The summed E-state index contributed by atoms with van der Waals surface area (Å²) in [4.78, 5) is 9.54. The highest BCUT2D eigenvalue weighted by molar-refractivity contribution is 5.57. The SMILES string of the molecule is Cc1cccc(-c2nc(C)c(C3CCCCN3)c(C)n2)c1. The van der Waals surface area contributed by atoms with Crippen molar-refractivity contribution in [2.45, 2.75) is 46.1 Å². The first-order valence-electron chi connectivity index (χ1n) is 7.80. The van der Waals surface area contributed by atoms with Crippen LogP contribution in [0, 0.1) is 20.8 Å². The predicted molar refractivity (Wildman–Crippen MR) is 86.3 cm³/mol. The summed E-state index contributed by atoms with van der Waals surface area (Å²) < 4.78 is 0. The Kier molecular flexibility index (Phi) is 4.02. The lowest BCUT2D eigenvalue weighted by Gasteiger charge is -2.26. The molecule has 0 bridgehead atoms. The molecule has 110 valence electrons. The van der Waals surface area contributed by atoms with Crippen molar-refractivity contribution in [1.82, 2.24) is 15.3 Å². The van der Waals surface area contributed by atoms with Crippen molar-refractivity contribution in [2.75, 3.05) is 6.54 Å². The van der Waals surface area contributed by atoms with Gasteiger partial charge in [0, 0.05) is 28.6 Å². The minimum atomic E-state index is 0.422. The molecule has 3 nitrogen and oxygen atoms in total. The second-order valence-electron chi connectivity index (χ2n) is 6.00. The van der Waals surface area contributed by atoms with E-state index in [2.05, 4.69) is 50.4 Å². The van der Waals surface area contributed by atoms with E-state index in [1.54, 1.807) is 0 Å². The van der Waals surface area contributed by atoms with E-state index in [-0.39, 0.29) is 0 Å². The molecule has 1 unspecified atom stereocenters. The molecule has 1 N–H and O–H groups in total. The van der Waals surface area contributed by atoms with Crippen molar-refractivity contribution < 1.29 is 0 Å². The Hall–Kier alpha value is -1.74. The molecule has 0 amide bonds. The average Bonchev–Trinajstić information content (AvgIpc) is 2.47. The second kappa shape index (κ2) is 5.94. The zero-order chi connectivity index (χ0) is 14.8. The quantitative estimate of drug-likeness (QED) is 0.907. The van der Waals surface area contributed by atoms with Gasteiger partial charge in [0.05, 0.1) is 0 Å². The Labute approximate surface area is 126 Å².